The van der Waals surface area contributed by atoms with Gasteiger partial charge in [-0.1, -0.05) is 6.92 Å². The second-order valence-corrected chi connectivity index (χ2v) is 6.00. The van der Waals surface area contributed by atoms with Gasteiger partial charge in [0.2, 0.25) is 0 Å². The zero-order valence-corrected chi connectivity index (χ0v) is 16.0. The number of carboxylic acids is 1. The molecule has 27 heavy (non-hydrogen) atoms. The minimum absolute atomic E-state index is 0.0108. The molecular weight excluding hydrogens is 382 g/mol. The van der Waals surface area contributed by atoms with Crippen molar-refractivity contribution in [3.05, 3.63) is 22.5 Å². The van der Waals surface area contributed by atoms with E-state index in [-0.39, 0.29) is 45.3 Å². The lowest BCUT2D eigenvalue weighted by atomic mass is 10.3. The monoisotopic (exact) mass is 407 g/mol. The molecule has 0 atom stereocenters. The number of rotatable bonds is 11. The molecule has 0 aliphatic carbocycles. The van der Waals surface area contributed by atoms with Crippen molar-refractivity contribution in [2.24, 2.45) is 0 Å². The van der Waals surface area contributed by atoms with Gasteiger partial charge in [-0.25, -0.2) is 24.3 Å². The summed E-state index contributed by atoms with van der Waals surface area (Å²) in [5.41, 5.74) is 1.20. The summed E-state index contributed by atoms with van der Waals surface area (Å²) in [4.78, 5) is 30.8. The van der Waals surface area contributed by atoms with Gasteiger partial charge in [-0.15, -0.1) is 11.3 Å². The molecule has 0 amide bonds. The lowest BCUT2D eigenvalue weighted by Gasteiger charge is -2.17. The number of aromatic nitrogens is 2. The smallest absolute Gasteiger partial charge is 0.356 e. The molecule has 154 valence electrons. The lowest BCUT2D eigenvalue weighted by Crippen LogP contribution is -2.28. The minimum atomic E-state index is -0.974. The number of carboxylic acid groups (broad SMARTS) is 1. The molecule has 2 aromatic rings. The quantitative estimate of drug-likeness (QED) is 0.376. The highest BCUT2D eigenvalue weighted by atomic mass is 32.1. The van der Waals surface area contributed by atoms with E-state index in [4.69, 9.17) is 34.9 Å². The van der Waals surface area contributed by atoms with Crippen molar-refractivity contribution in [1.82, 2.24) is 14.8 Å². The van der Waals surface area contributed by atoms with Crippen LogP contribution in [0.3, 0.4) is 0 Å². The fourth-order valence-electron chi connectivity index (χ4n) is 1.88. The molecule has 0 spiro atoms. The molecule has 0 aliphatic rings. The minimum Gasteiger partial charge on any atom is -0.476 e. The number of aromatic carboxylic acids is 1. The highest BCUT2D eigenvalue weighted by molar-refractivity contribution is 7.17. The third kappa shape index (κ3) is 7.48. The van der Waals surface area contributed by atoms with Crippen LogP contribution in [0.2, 0.25) is 0 Å². The van der Waals surface area contributed by atoms with Gasteiger partial charge in [0.25, 0.3) is 0 Å². The molecule has 0 fully saturated rings. The number of aliphatic hydroxyl groups excluding tert-OH is 3. The Morgan fingerprint density at radius 1 is 1.15 bits per heavy atom. The van der Waals surface area contributed by atoms with Crippen LogP contribution in [0.25, 0.3) is 4.96 Å². The first-order valence-corrected chi connectivity index (χ1v) is 9.02. The van der Waals surface area contributed by atoms with Crippen LogP contribution in [0.4, 0.5) is 0 Å². The Hall–Kier alpha value is -1.64. The van der Waals surface area contributed by atoms with E-state index in [1.54, 1.807) is 17.5 Å². The number of aliphatic hydroxyl groups is 3. The summed E-state index contributed by atoms with van der Waals surface area (Å²) >= 11 is 1.55. The molecule has 0 aliphatic heterocycles. The number of fused-ring (bicyclic) bond motifs is 1. The number of aryl methyl sites for hydroxylation is 2. The van der Waals surface area contributed by atoms with Gasteiger partial charge in [0.05, 0.1) is 45.0 Å². The SMILES string of the molecule is CCc1sc2nc(C(=O)O)cn2c1C.OCCON(OCCO)OCCO. The second-order valence-electron chi connectivity index (χ2n) is 4.94. The molecule has 0 bridgehead atoms. The molecule has 2 aromatic heterocycles. The van der Waals surface area contributed by atoms with Crippen LogP contribution in [0.1, 0.15) is 28.0 Å². The highest BCUT2D eigenvalue weighted by Gasteiger charge is 2.13. The van der Waals surface area contributed by atoms with Gasteiger partial charge >= 0.3 is 5.97 Å². The van der Waals surface area contributed by atoms with Gasteiger partial charge < -0.3 is 20.4 Å². The third-order valence-electron chi connectivity index (χ3n) is 3.06. The van der Waals surface area contributed by atoms with E-state index in [9.17, 15) is 4.79 Å². The number of nitrogens with zero attached hydrogens (tertiary/aromatic N) is 3. The number of hydrogen-bond donors (Lipinski definition) is 4. The maximum absolute atomic E-state index is 10.7. The fourth-order valence-corrected chi connectivity index (χ4v) is 2.93. The summed E-state index contributed by atoms with van der Waals surface area (Å²) in [6.07, 6.45) is 2.53. The molecule has 12 heteroatoms. The molecule has 0 saturated carbocycles. The molecule has 0 saturated heterocycles. The van der Waals surface area contributed by atoms with Crippen molar-refractivity contribution < 1.29 is 39.7 Å². The molecule has 0 unspecified atom stereocenters. The van der Waals surface area contributed by atoms with Crippen molar-refractivity contribution in [2.45, 2.75) is 20.3 Å². The first-order valence-electron chi connectivity index (χ1n) is 8.20. The van der Waals surface area contributed by atoms with Crippen LogP contribution in [-0.2, 0) is 20.9 Å². The summed E-state index contributed by atoms with van der Waals surface area (Å²) in [5.74, 6) is -0.974. The van der Waals surface area contributed by atoms with Crippen molar-refractivity contribution in [3.8, 4) is 0 Å². The molecule has 11 nitrogen and oxygen atoms in total. The molecule has 2 heterocycles. The average molecular weight is 407 g/mol. The standard InChI is InChI=1S/C9H10N2O2S.C6H15NO6/c1-3-7-5(2)11-4-6(8(12)13)10-9(11)14-7;8-1-4-11-7(12-5-2-9)13-6-3-10/h4H,3H2,1-2H3,(H,12,13);8-10H,1-6H2. The first-order chi connectivity index (χ1) is 13.0. The maximum atomic E-state index is 10.7. The number of imidazole rings is 1. The number of thiazole rings is 1. The lowest BCUT2D eigenvalue weighted by molar-refractivity contribution is -0.527. The van der Waals surface area contributed by atoms with E-state index >= 15 is 0 Å². The van der Waals surface area contributed by atoms with Gasteiger partial charge in [0.1, 0.15) is 0 Å². The van der Waals surface area contributed by atoms with Gasteiger partial charge in [0, 0.05) is 16.8 Å². The van der Waals surface area contributed by atoms with Gasteiger partial charge in [-0.3, -0.25) is 4.40 Å². The van der Waals surface area contributed by atoms with E-state index in [0.29, 0.717) is 5.39 Å². The third-order valence-corrected chi connectivity index (χ3v) is 4.36. The van der Waals surface area contributed by atoms with E-state index in [0.717, 1.165) is 17.1 Å². The van der Waals surface area contributed by atoms with Crippen LogP contribution >= 0.6 is 11.3 Å². The Morgan fingerprint density at radius 2 is 1.67 bits per heavy atom. The Labute approximate surface area is 159 Å². The normalized spacial score (nSPS) is 11.0. The van der Waals surface area contributed by atoms with E-state index in [2.05, 4.69) is 11.9 Å². The van der Waals surface area contributed by atoms with Crippen molar-refractivity contribution in [2.75, 3.05) is 39.6 Å². The van der Waals surface area contributed by atoms with Crippen molar-refractivity contribution in [3.63, 3.8) is 0 Å². The van der Waals surface area contributed by atoms with Crippen LogP contribution in [0, 0.1) is 6.92 Å². The first kappa shape index (κ1) is 23.4. The van der Waals surface area contributed by atoms with E-state index in [1.165, 1.54) is 4.88 Å². The highest BCUT2D eigenvalue weighted by Crippen LogP contribution is 2.23. The van der Waals surface area contributed by atoms with E-state index < -0.39 is 5.97 Å². The maximum Gasteiger partial charge on any atom is 0.356 e. The van der Waals surface area contributed by atoms with Crippen LogP contribution in [-0.4, -0.2) is 80.8 Å². The Morgan fingerprint density at radius 3 is 2.04 bits per heavy atom. The topological polar surface area (TPSA) is 146 Å². The van der Waals surface area contributed by atoms with E-state index in [1.807, 2.05) is 11.3 Å². The van der Waals surface area contributed by atoms with Crippen LogP contribution in [0.15, 0.2) is 6.20 Å². The second kappa shape index (κ2) is 12.7. The largest absolute Gasteiger partial charge is 0.476 e. The summed E-state index contributed by atoms with van der Waals surface area (Å²) in [5, 5.41) is 34.6. The van der Waals surface area contributed by atoms with Crippen LogP contribution in [0.5, 0.6) is 0 Å². The van der Waals surface area contributed by atoms with Crippen molar-refractivity contribution >= 4 is 22.3 Å². The number of carbonyl (C=O) groups is 1. The average Bonchev–Trinajstić information content (AvgIpc) is 3.21. The van der Waals surface area contributed by atoms with Gasteiger partial charge in [-0.05, 0) is 13.3 Å². The van der Waals surface area contributed by atoms with Gasteiger partial charge in [-0.2, -0.15) is 0 Å². The molecule has 0 radical (unpaired) electrons. The predicted molar refractivity (Wildman–Crippen MR) is 95.1 cm³/mol. The Kier molecular flexibility index (Phi) is 11.0. The summed E-state index contributed by atoms with van der Waals surface area (Å²) in [6, 6.07) is 0. The van der Waals surface area contributed by atoms with Crippen molar-refractivity contribution in [1.29, 1.82) is 0 Å². The fraction of sp³-hybridized carbons (Fsp3) is 0.600. The molecular formula is C15H25N3O8S. The van der Waals surface area contributed by atoms with Crippen LogP contribution < -0.4 is 0 Å². The molecule has 0 aromatic carbocycles. The predicted octanol–water partition coefficient (Wildman–Crippen LogP) is 0.0249. The summed E-state index contributed by atoms with van der Waals surface area (Å²) in [7, 11) is 0. The summed E-state index contributed by atoms with van der Waals surface area (Å²) in [6.45, 7) is 3.56. The Balaban J connectivity index is 0.000000271. The zero-order valence-electron chi connectivity index (χ0n) is 15.2. The number of hydrogen-bond acceptors (Lipinski definition) is 10. The molecule has 4 N–H and O–H groups in total. The summed E-state index contributed by atoms with van der Waals surface area (Å²) < 4.78 is 1.84. The van der Waals surface area contributed by atoms with Gasteiger partial charge in [0.15, 0.2) is 10.7 Å². The zero-order chi connectivity index (χ0) is 20.2. The Bertz CT molecular complexity index is 671. The molecule has 2 rings (SSSR count).